The maximum absolute atomic E-state index is 5.49. The lowest BCUT2D eigenvalue weighted by Gasteiger charge is -2.20. The van der Waals surface area contributed by atoms with Crippen LogP contribution in [0.3, 0.4) is 0 Å². The number of benzene rings is 9. The second-order valence-corrected chi connectivity index (χ2v) is 18.3. The average Bonchev–Trinajstić information content (AvgIpc) is 3.92. The SMILES string of the molecule is Cc1ccc(-c2ccc(-c3ccnc(-n4c5ccc(-c6ccccc6)cc5c5cc(-c6ccccc6)ccc54)c3-n3c4ccc(-c5ccccc5)cc4c4cc(-c5ccccc5)ccc43)cc2)c(C)n1. The Balaban J connectivity index is 1.13. The monoisotopic (exact) mass is 894 g/mol. The van der Waals surface area contributed by atoms with Gasteiger partial charge in [0.2, 0.25) is 0 Å². The van der Waals surface area contributed by atoms with Gasteiger partial charge in [0, 0.05) is 50.3 Å². The van der Waals surface area contributed by atoms with E-state index in [9.17, 15) is 0 Å². The molecule has 0 saturated carbocycles. The van der Waals surface area contributed by atoms with Gasteiger partial charge in [-0.1, -0.05) is 176 Å². The highest BCUT2D eigenvalue weighted by Crippen LogP contribution is 2.44. The number of nitrogens with zero attached hydrogens (tertiary/aromatic N) is 4. The van der Waals surface area contributed by atoms with Crippen LogP contribution < -0.4 is 0 Å². The summed E-state index contributed by atoms with van der Waals surface area (Å²) >= 11 is 0. The van der Waals surface area contributed by atoms with Gasteiger partial charge < -0.3 is 4.57 Å². The molecular formula is C66H46N4. The zero-order valence-corrected chi connectivity index (χ0v) is 38.9. The lowest BCUT2D eigenvalue weighted by Crippen LogP contribution is -2.08. The van der Waals surface area contributed by atoms with Crippen LogP contribution in [0.1, 0.15) is 11.4 Å². The van der Waals surface area contributed by atoms with Gasteiger partial charge in [0.05, 0.1) is 27.8 Å². The van der Waals surface area contributed by atoms with Crippen molar-refractivity contribution in [3.63, 3.8) is 0 Å². The van der Waals surface area contributed by atoms with Crippen LogP contribution in [0.15, 0.2) is 243 Å². The van der Waals surface area contributed by atoms with Gasteiger partial charge in [-0.3, -0.25) is 9.55 Å². The second-order valence-electron chi connectivity index (χ2n) is 18.3. The molecule has 0 radical (unpaired) electrons. The van der Waals surface area contributed by atoms with Gasteiger partial charge in [0.1, 0.15) is 0 Å². The first-order chi connectivity index (χ1) is 34.5. The van der Waals surface area contributed by atoms with E-state index in [-0.39, 0.29) is 0 Å². The summed E-state index contributed by atoms with van der Waals surface area (Å²) in [7, 11) is 0. The third-order valence-corrected chi connectivity index (χ3v) is 14.0. The molecule has 0 N–H and O–H groups in total. The zero-order valence-electron chi connectivity index (χ0n) is 38.9. The maximum atomic E-state index is 5.49. The van der Waals surface area contributed by atoms with Gasteiger partial charge in [-0.15, -0.1) is 0 Å². The lowest BCUT2D eigenvalue weighted by atomic mass is 9.98. The molecule has 4 heteroatoms. The second kappa shape index (κ2) is 16.9. The summed E-state index contributed by atoms with van der Waals surface area (Å²) in [5, 5.41) is 4.69. The van der Waals surface area contributed by atoms with Gasteiger partial charge in [-0.25, -0.2) is 4.98 Å². The minimum atomic E-state index is 0.846. The molecule has 4 aromatic heterocycles. The molecule has 0 fully saturated rings. The van der Waals surface area contributed by atoms with Crippen molar-refractivity contribution in [1.82, 2.24) is 19.1 Å². The molecule has 13 rings (SSSR count). The molecule has 0 aliphatic carbocycles. The van der Waals surface area contributed by atoms with Gasteiger partial charge in [-0.2, -0.15) is 0 Å². The van der Waals surface area contributed by atoms with Crippen molar-refractivity contribution in [2.45, 2.75) is 13.8 Å². The molecular weight excluding hydrogens is 849 g/mol. The number of rotatable bonds is 8. The first kappa shape index (κ1) is 41.1. The molecule has 0 saturated heterocycles. The van der Waals surface area contributed by atoms with Crippen LogP contribution in [0.2, 0.25) is 0 Å². The molecule has 0 aliphatic heterocycles. The molecule has 0 amide bonds. The van der Waals surface area contributed by atoms with E-state index >= 15 is 0 Å². The Labute approximate surface area is 407 Å². The van der Waals surface area contributed by atoms with Crippen molar-refractivity contribution in [2.24, 2.45) is 0 Å². The van der Waals surface area contributed by atoms with Crippen LogP contribution in [0.5, 0.6) is 0 Å². The Morgan fingerprint density at radius 1 is 0.300 bits per heavy atom. The van der Waals surface area contributed by atoms with Crippen molar-refractivity contribution in [3.8, 4) is 78.3 Å². The Morgan fingerprint density at radius 2 is 0.657 bits per heavy atom. The molecule has 4 nitrogen and oxygen atoms in total. The van der Waals surface area contributed by atoms with Gasteiger partial charge in [0.25, 0.3) is 0 Å². The smallest absolute Gasteiger partial charge is 0.162 e. The molecule has 0 atom stereocenters. The predicted octanol–water partition coefficient (Wildman–Crippen LogP) is 17.3. The molecule has 0 aliphatic rings. The number of hydrogen-bond donors (Lipinski definition) is 0. The number of aromatic nitrogens is 4. The summed E-state index contributed by atoms with van der Waals surface area (Å²) in [4.78, 5) is 10.3. The fourth-order valence-corrected chi connectivity index (χ4v) is 10.6. The Morgan fingerprint density at radius 3 is 1.04 bits per heavy atom. The minimum absolute atomic E-state index is 0.846. The fourth-order valence-electron chi connectivity index (χ4n) is 10.6. The molecule has 0 spiro atoms. The van der Waals surface area contributed by atoms with Crippen LogP contribution >= 0.6 is 0 Å². The van der Waals surface area contributed by atoms with Gasteiger partial charge in [-0.05, 0) is 130 Å². The van der Waals surface area contributed by atoms with Crippen molar-refractivity contribution < 1.29 is 0 Å². The normalized spacial score (nSPS) is 11.6. The largest absolute Gasteiger partial charge is 0.305 e. The summed E-state index contributed by atoms with van der Waals surface area (Å²) in [6.07, 6.45) is 1.99. The van der Waals surface area contributed by atoms with E-state index in [0.717, 1.165) is 67.2 Å². The molecule has 4 heterocycles. The summed E-state index contributed by atoms with van der Waals surface area (Å²) in [5.74, 6) is 0.846. The van der Waals surface area contributed by atoms with E-state index in [1.165, 1.54) is 66.1 Å². The Hall–Kier alpha value is -9.12. The first-order valence-corrected chi connectivity index (χ1v) is 24.0. The summed E-state index contributed by atoms with van der Waals surface area (Å²) < 4.78 is 4.87. The zero-order chi connectivity index (χ0) is 46.7. The van der Waals surface area contributed by atoms with Crippen molar-refractivity contribution in [2.75, 3.05) is 0 Å². The number of pyridine rings is 2. The van der Waals surface area contributed by atoms with E-state index in [1.807, 2.05) is 13.1 Å². The van der Waals surface area contributed by atoms with Crippen LogP contribution in [0.4, 0.5) is 0 Å². The third-order valence-electron chi connectivity index (χ3n) is 14.0. The van der Waals surface area contributed by atoms with Crippen LogP contribution in [0, 0.1) is 13.8 Å². The minimum Gasteiger partial charge on any atom is -0.305 e. The molecule has 9 aromatic carbocycles. The molecule has 70 heavy (non-hydrogen) atoms. The molecule has 0 unspecified atom stereocenters. The average molecular weight is 895 g/mol. The number of fused-ring (bicyclic) bond motifs is 6. The first-order valence-electron chi connectivity index (χ1n) is 24.0. The van der Waals surface area contributed by atoms with Crippen LogP contribution in [-0.2, 0) is 0 Å². The highest BCUT2D eigenvalue weighted by atomic mass is 15.1. The Kier molecular flexibility index (Phi) is 9.91. The topological polar surface area (TPSA) is 35.6 Å². The predicted molar refractivity (Wildman–Crippen MR) is 293 cm³/mol. The molecule has 13 aromatic rings. The van der Waals surface area contributed by atoms with Crippen LogP contribution in [-0.4, -0.2) is 19.1 Å². The number of hydrogen-bond acceptors (Lipinski definition) is 2. The standard InChI is InChI=1S/C66H46N4/c1-43-23-32-55(44(2)68-43)49-24-26-50(27-25-49)56-37-38-67-66(70-63-35-30-53(47-19-11-5-12-20-47)41-59(63)60-42-54(31-36-64(60)70)48-21-13-6-14-22-48)65(56)69-61-33-28-51(45-15-7-3-8-16-45)39-57(61)58-40-52(29-34-62(58)69)46-17-9-4-10-18-46/h3-42H,1-2H3. The third kappa shape index (κ3) is 7.00. The van der Waals surface area contributed by atoms with Gasteiger partial charge in [0.15, 0.2) is 5.82 Å². The van der Waals surface area contributed by atoms with E-state index < -0.39 is 0 Å². The molecule has 0 bridgehead atoms. The van der Waals surface area contributed by atoms with E-state index in [2.05, 4.69) is 253 Å². The van der Waals surface area contributed by atoms with E-state index in [0.29, 0.717) is 0 Å². The highest BCUT2D eigenvalue weighted by Gasteiger charge is 2.25. The number of aryl methyl sites for hydroxylation is 2. The maximum Gasteiger partial charge on any atom is 0.162 e. The quantitative estimate of drug-likeness (QED) is 0.152. The summed E-state index contributed by atoms with van der Waals surface area (Å²) in [6.45, 7) is 4.14. The van der Waals surface area contributed by atoms with Crippen LogP contribution in [0.25, 0.3) is 122 Å². The summed E-state index contributed by atoms with van der Waals surface area (Å²) in [6, 6.07) is 85.9. The van der Waals surface area contributed by atoms with E-state index in [4.69, 9.17) is 9.97 Å². The van der Waals surface area contributed by atoms with Crippen molar-refractivity contribution in [1.29, 1.82) is 0 Å². The highest BCUT2D eigenvalue weighted by molar-refractivity contribution is 6.14. The summed E-state index contributed by atoms with van der Waals surface area (Å²) in [5.41, 5.74) is 21.3. The van der Waals surface area contributed by atoms with E-state index in [1.54, 1.807) is 0 Å². The van der Waals surface area contributed by atoms with Gasteiger partial charge >= 0.3 is 0 Å². The lowest BCUT2D eigenvalue weighted by molar-refractivity contribution is 1.03. The Bertz CT molecular complexity index is 3900. The van der Waals surface area contributed by atoms with Crippen molar-refractivity contribution >= 4 is 43.6 Å². The fraction of sp³-hybridized carbons (Fsp3) is 0.0303. The van der Waals surface area contributed by atoms with Crippen molar-refractivity contribution in [3.05, 3.63) is 254 Å². The molecule has 330 valence electrons.